The highest BCUT2D eigenvalue weighted by Crippen LogP contribution is 2.22. The zero-order valence-corrected chi connectivity index (χ0v) is 14.4. The van der Waals surface area contributed by atoms with Crippen molar-refractivity contribution in [2.45, 2.75) is 19.5 Å². The SMILES string of the molecule is C[C@@H](C(=O)Nc1ccccc1F)[NH+](C)Cc1ccc(Cl)c(Cl)c1. The lowest BCUT2D eigenvalue weighted by atomic mass is 10.2. The van der Waals surface area contributed by atoms with Crippen LogP contribution in [0.4, 0.5) is 10.1 Å². The van der Waals surface area contributed by atoms with E-state index in [4.69, 9.17) is 23.2 Å². The van der Waals surface area contributed by atoms with Crippen molar-refractivity contribution in [1.29, 1.82) is 0 Å². The third kappa shape index (κ3) is 4.67. The molecule has 0 saturated heterocycles. The molecule has 2 rings (SSSR count). The summed E-state index contributed by atoms with van der Waals surface area (Å²) in [5.41, 5.74) is 1.16. The lowest BCUT2D eigenvalue weighted by molar-refractivity contribution is -0.907. The highest BCUT2D eigenvalue weighted by molar-refractivity contribution is 6.42. The first-order valence-electron chi connectivity index (χ1n) is 7.20. The molecule has 122 valence electrons. The van der Waals surface area contributed by atoms with E-state index in [9.17, 15) is 9.18 Å². The fourth-order valence-electron chi connectivity index (χ4n) is 2.15. The molecule has 23 heavy (non-hydrogen) atoms. The van der Waals surface area contributed by atoms with Crippen LogP contribution >= 0.6 is 23.2 Å². The molecule has 2 atom stereocenters. The van der Waals surface area contributed by atoms with Crippen LogP contribution in [0.5, 0.6) is 0 Å². The average Bonchev–Trinajstić information content (AvgIpc) is 2.52. The quantitative estimate of drug-likeness (QED) is 0.848. The molecule has 0 saturated carbocycles. The Morgan fingerprint density at radius 1 is 1.22 bits per heavy atom. The van der Waals surface area contributed by atoms with E-state index >= 15 is 0 Å². The van der Waals surface area contributed by atoms with Crippen LogP contribution in [0.2, 0.25) is 10.0 Å². The van der Waals surface area contributed by atoms with E-state index in [0.717, 1.165) is 10.5 Å². The molecule has 0 aliphatic heterocycles. The number of benzene rings is 2. The Bertz CT molecular complexity index is 709. The Morgan fingerprint density at radius 3 is 2.57 bits per heavy atom. The van der Waals surface area contributed by atoms with Crippen LogP contribution in [-0.4, -0.2) is 19.0 Å². The summed E-state index contributed by atoms with van der Waals surface area (Å²) in [5.74, 6) is -0.692. The van der Waals surface area contributed by atoms with Crippen LogP contribution in [0.25, 0.3) is 0 Å². The Kier molecular flexibility index (Phi) is 5.99. The number of halogens is 3. The van der Waals surface area contributed by atoms with Crippen molar-refractivity contribution in [2.24, 2.45) is 0 Å². The Morgan fingerprint density at radius 2 is 1.91 bits per heavy atom. The smallest absolute Gasteiger partial charge is 0.282 e. The molecule has 1 amide bonds. The monoisotopic (exact) mass is 355 g/mol. The summed E-state index contributed by atoms with van der Waals surface area (Å²) in [6.07, 6.45) is 0. The van der Waals surface area contributed by atoms with Crippen molar-refractivity contribution < 1.29 is 14.1 Å². The van der Waals surface area contributed by atoms with Crippen LogP contribution in [0.1, 0.15) is 12.5 Å². The number of nitrogens with one attached hydrogen (secondary N) is 2. The number of hydrogen-bond donors (Lipinski definition) is 2. The molecule has 0 bridgehead atoms. The third-order valence-electron chi connectivity index (χ3n) is 3.73. The van der Waals surface area contributed by atoms with Crippen molar-refractivity contribution in [2.75, 3.05) is 12.4 Å². The van der Waals surface area contributed by atoms with Gasteiger partial charge in [0.2, 0.25) is 0 Å². The zero-order valence-electron chi connectivity index (χ0n) is 12.9. The molecule has 2 aromatic rings. The molecule has 0 radical (unpaired) electrons. The van der Waals surface area contributed by atoms with Gasteiger partial charge in [0, 0.05) is 5.56 Å². The molecule has 0 spiro atoms. The van der Waals surface area contributed by atoms with E-state index < -0.39 is 5.82 Å². The minimum atomic E-state index is -0.449. The zero-order chi connectivity index (χ0) is 17.0. The van der Waals surface area contributed by atoms with Gasteiger partial charge in [0.05, 0.1) is 22.8 Å². The molecule has 0 fully saturated rings. The van der Waals surface area contributed by atoms with Gasteiger partial charge in [0.1, 0.15) is 12.4 Å². The van der Waals surface area contributed by atoms with Crippen LogP contribution < -0.4 is 10.2 Å². The number of likely N-dealkylation sites (N-methyl/N-ethyl adjacent to an activating group) is 1. The van der Waals surface area contributed by atoms with Gasteiger partial charge >= 0.3 is 0 Å². The van der Waals surface area contributed by atoms with E-state index in [0.29, 0.717) is 16.6 Å². The second-order valence-electron chi connectivity index (χ2n) is 5.46. The summed E-state index contributed by atoms with van der Waals surface area (Å²) >= 11 is 11.9. The largest absolute Gasteiger partial charge is 0.324 e. The van der Waals surface area contributed by atoms with Gasteiger partial charge in [-0.2, -0.15) is 0 Å². The lowest BCUT2D eigenvalue weighted by Crippen LogP contribution is -3.12. The van der Waals surface area contributed by atoms with Crippen LogP contribution in [0.3, 0.4) is 0 Å². The minimum Gasteiger partial charge on any atom is -0.324 e. The molecule has 1 unspecified atom stereocenters. The van der Waals surface area contributed by atoms with Gasteiger partial charge in [-0.25, -0.2) is 4.39 Å². The fraction of sp³-hybridized carbons (Fsp3) is 0.235. The van der Waals surface area contributed by atoms with Gasteiger partial charge in [0.25, 0.3) is 5.91 Å². The predicted octanol–water partition coefficient (Wildman–Crippen LogP) is 3.17. The van der Waals surface area contributed by atoms with Gasteiger partial charge in [-0.1, -0.05) is 41.4 Å². The predicted molar refractivity (Wildman–Crippen MR) is 91.5 cm³/mol. The first-order valence-corrected chi connectivity index (χ1v) is 7.95. The molecule has 0 heterocycles. The maximum atomic E-state index is 13.6. The van der Waals surface area contributed by atoms with Crippen molar-refractivity contribution >= 4 is 34.8 Å². The van der Waals surface area contributed by atoms with Crippen molar-refractivity contribution in [3.8, 4) is 0 Å². The third-order valence-corrected chi connectivity index (χ3v) is 4.47. The van der Waals surface area contributed by atoms with E-state index in [2.05, 4.69) is 5.32 Å². The Balaban J connectivity index is 2.01. The number of amides is 1. The van der Waals surface area contributed by atoms with Gasteiger partial charge in [-0.15, -0.1) is 0 Å². The second kappa shape index (κ2) is 7.77. The van der Waals surface area contributed by atoms with Crippen LogP contribution in [-0.2, 0) is 11.3 Å². The number of carbonyl (C=O) groups excluding carboxylic acids is 1. The number of rotatable bonds is 5. The van der Waals surface area contributed by atoms with E-state index in [1.807, 2.05) is 13.1 Å². The maximum Gasteiger partial charge on any atom is 0.282 e. The van der Waals surface area contributed by atoms with Crippen LogP contribution in [0.15, 0.2) is 42.5 Å². The van der Waals surface area contributed by atoms with E-state index in [-0.39, 0.29) is 17.6 Å². The second-order valence-corrected chi connectivity index (χ2v) is 6.28. The summed E-state index contributed by atoms with van der Waals surface area (Å²) in [6, 6.07) is 11.1. The maximum absolute atomic E-state index is 13.6. The summed E-state index contributed by atoms with van der Waals surface area (Å²) in [7, 11) is 1.90. The van der Waals surface area contributed by atoms with Crippen molar-refractivity contribution in [1.82, 2.24) is 0 Å². The topological polar surface area (TPSA) is 33.5 Å². The first kappa shape index (κ1) is 17.7. The Labute approximate surface area is 145 Å². The highest BCUT2D eigenvalue weighted by atomic mass is 35.5. The van der Waals surface area contributed by atoms with Gasteiger partial charge < -0.3 is 10.2 Å². The number of quaternary nitrogens is 1. The number of para-hydroxylation sites is 1. The average molecular weight is 356 g/mol. The normalized spacial score (nSPS) is 13.4. The summed E-state index contributed by atoms with van der Waals surface area (Å²) in [4.78, 5) is 13.2. The van der Waals surface area contributed by atoms with Gasteiger partial charge in [-0.3, -0.25) is 4.79 Å². The molecule has 2 aromatic carbocycles. The molecule has 0 aliphatic rings. The standard InChI is InChI=1S/C17H17Cl2FN2O/c1-11(17(23)21-16-6-4-3-5-15(16)20)22(2)10-12-7-8-13(18)14(19)9-12/h3-9,11H,10H2,1-2H3,(H,21,23)/p+1/t11-/m0/s1. The molecular formula is C17H18Cl2FN2O+. The highest BCUT2D eigenvalue weighted by Gasteiger charge is 2.23. The Hall–Kier alpha value is -1.62. The number of carbonyl (C=O) groups is 1. The summed E-state index contributed by atoms with van der Waals surface area (Å²) < 4.78 is 13.6. The van der Waals surface area contributed by atoms with Crippen molar-refractivity contribution in [3.05, 3.63) is 63.9 Å². The summed E-state index contributed by atoms with van der Waals surface area (Å²) in [6.45, 7) is 2.39. The fourth-order valence-corrected chi connectivity index (χ4v) is 2.47. The van der Waals surface area contributed by atoms with Gasteiger partial charge in [-0.05, 0) is 31.2 Å². The summed E-state index contributed by atoms with van der Waals surface area (Å²) in [5, 5.41) is 3.60. The van der Waals surface area contributed by atoms with Gasteiger partial charge in [0.15, 0.2) is 6.04 Å². The number of hydrogen-bond acceptors (Lipinski definition) is 1. The number of anilines is 1. The lowest BCUT2D eigenvalue weighted by Gasteiger charge is -2.21. The first-order chi connectivity index (χ1) is 10.9. The molecule has 6 heteroatoms. The molecule has 0 aliphatic carbocycles. The van der Waals surface area contributed by atoms with E-state index in [1.54, 1.807) is 31.2 Å². The van der Waals surface area contributed by atoms with Crippen LogP contribution in [0, 0.1) is 5.82 Å². The molecule has 2 N–H and O–H groups in total. The molecule has 3 nitrogen and oxygen atoms in total. The minimum absolute atomic E-state index is 0.187. The van der Waals surface area contributed by atoms with E-state index in [1.165, 1.54) is 12.1 Å². The molecular weight excluding hydrogens is 338 g/mol. The van der Waals surface area contributed by atoms with Crippen molar-refractivity contribution in [3.63, 3.8) is 0 Å². The molecule has 0 aromatic heterocycles.